The maximum atomic E-state index is 9.15. The number of methoxy groups -OCH3 is 1. The van der Waals surface area contributed by atoms with Crippen LogP contribution in [0.4, 0.5) is 5.69 Å². The lowest BCUT2D eigenvalue weighted by molar-refractivity contribution is 0.133. The maximum Gasteiger partial charge on any atom is 0.160 e. The second-order valence-corrected chi connectivity index (χ2v) is 4.83. The van der Waals surface area contributed by atoms with Gasteiger partial charge in [0.25, 0.3) is 0 Å². The molecule has 0 aromatic heterocycles. The van der Waals surface area contributed by atoms with Crippen molar-refractivity contribution in [1.82, 2.24) is 4.90 Å². The lowest BCUT2D eigenvalue weighted by atomic mass is 10.1. The van der Waals surface area contributed by atoms with Crippen molar-refractivity contribution in [2.24, 2.45) is 0 Å². The molecular weight excluding hydrogens is 252 g/mol. The number of hydrogen-bond donors (Lipinski definition) is 1. The van der Waals surface area contributed by atoms with Crippen LogP contribution < -0.4 is 9.64 Å². The van der Waals surface area contributed by atoms with E-state index in [2.05, 4.69) is 17.9 Å². The molecule has 1 aliphatic heterocycles. The van der Waals surface area contributed by atoms with Crippen molar-refractivity contribution in [3.8, 4) is 5.75 Å². The Morgan fingerprint density at radius 2 is 2.17 bits per heavy atom. The summed E-state index contributed by atoms with van der Waals surface area (Å²) >= 11 is 6.25. The van der Waals surface area contributed by atoms with E-state index in [1.54, 1.807) is 7.11 Å². The molecular formula is C13H19ClN2O2. The zero-order valence-corrected chi connectivity index (χ0v) is 11.6. The van der Waals surface area contributed by atoms with Gasteiger partial charge >= 0.3 is 0 Å². The Morgan fingerprint density at radius 1 is 1.39 bits per heavy atom. The number of aliphatic hydroxyl groups is 1. The molecule has 1 saturated heterocycles. The zero-order valence-electron chi connectivity index (χ0n) is 10.8. The van der Waals surface area contributed by atoms with Crippen LogP contribution in [0, 0.1) is 0 Å². The molecule has 0 atom stereocenters. The first-order valence-electron chi connectivity index (χ1n) is 6.14. The van der Waals surface area contributed by atoms with Crippen molar-refractivity contribution >= 4 is 17.3 Å². The Hall–Kier alpha value is -0.970. The van der Waals surface area contributed by atoms with Gasteiger partial charge in [-0.3, -0.25) is 4.90 Å². The molecule has 100 valence electrons. The number of nitrogens with zero attached hydrogens (tertiary/aromatic N) is 2. The molecule has 2 rings (SSSR count). The third-order valence-electron chi connectivity index (χ3n) is 3.29. The van der Waals surface area contributed by atoms with Crippen LogP contribution in [-0.4, -0.2) is 43.6 Å². The highest BCUT2D eigenvalue weighted by molar-refractivity contribution is 6.32. The van der Waals surface area contributed by atoms with Crippen molar-refractivity contribution < 1.29 is 9.84 Å². The van der Waals surface area contributed by atoms with E-state index in [1.807, 2.05) is 11.0 Å². The first kappa shape index (κ1) is 13.5. The van der Waals surface area contributed by atoms with Crippen LogP contribution in [0.15, 0.2) is 12.1 Å². The van der Waals surface area contributed by atoms with Crippen molar-refractivity contribution in [3.05, 3.63) is 22.7 Å². The highest BCUT2D eigenvalue weighted by Gasteiger charge is 2.23. The van der Waals surface area contributed by atoms with E-state index in [0.29, 0.717) is 17.4 Å². The number of benzene rings is 1. The fourth-order valence-electron chi connectivity index (χ4n) is 2.23. The van der Waals surface area contributed by atoms with Crippen molar-refractivity contribution in [2.75, 3.05) is 38.5 Å². The molecule has 1 aliphatic rings. The molecule has 4 nitrogen and oxygen atoms in total. The molecule has 1 heterocycles. The van der Waals surface area contributed by atoms with E-state index >= 15 is 0 Å². The molecule has 1 fully saturated rings. The SMILES string of the molecule is CCc1cc(Cl)c(OC)c(N2CCN(CO)C2)c1. The Labute approximate surface area is 113 Å². The number of hydrogen-bond acceptors (Lipinski definition) is 4. The number of rotatable bonds is 4. The average molecular weight is 271 g/mol. The lowest BCUT2D eigenvalue weighted by Crippen LogP contribution is -2.26. The van der Waals surface area contributed by atoms with Crippen molar-refractivity contribution in [2.45, 2.75) is 13.3 Å². The van der Waals surface area contributed by atoms with Crippen LogP contribution in [-0.2, 0) is 6.42 Å². The Balaban J connectivity index is 2.33. The summed E-state index contributed by atoms with van der Waals surface area (Å²) in [7, 11) is 1.64. The fourth-order valence-corrected chi connectivity index (χ4v) is 2.55. The third-order valence-corrected chi connectivity index (χ3v) is 3.57. The topological polar surface area (TPSA) is 35.9 Å². The summed E-state index contributed by atoms with van der Waals surface area (Å²) in [6.07, 6.45) is 0.939. The summed E-state index contributed by atoms with van der Waals surface area (Å²) in [5, 5.41) is 9.80. The van der Waals surface area contributed by atoms with Gasteiger partial charge in [-0.2, -0.15) is 0 Å². The number of anilines is 1. The number of aliphatic hydroxyl groups excluding tert-OH is 1. The van der Waals surface area contributed by atoms with E-state index in [9.17, 15) is 0 Å². The van der Waals surface area contributed by atoms with Gasteiger partial charge in [0, 0.05) is 13.1 Å². The largest absolute Gasteiger partial charge is 0.493 e. The van der Waals surface area contributed by atoms with Gasteiger partial charge in [-0.15, -0.1) is 0 Å². The Bertz CT molecular complexity index is 426. The molecule has 18 heavy (non-hydrogen) atoms. The molecule has 0 amide bonds. The molecule has 0 aliphatic carbocycles. The second-order valence-electron chi connectivity index (χ2n) is 4.42. The second kappa shape index (κ2) is 5.78. The molecule has 0 bridgehead atoms. The van der Waals surface area contributed by atoms with Crippen LogP contribution >= 0.6 is 11.6 Å². The molecule has 0 spiro atoms. The standard InChI is InChI=1S/C13H19ClN2O2/c1-3-10-6-11(14)13(18-2)12(7-10)16-5-4-15(8-16)9-17/h6-7,17H,3-5,8-9H2,1-2H3. The average Bonchev–Trinajstić information content (AvgIpc) is 2.86. The van der Waals surface area contributed by atoms with Crippen LogP contribution in [0.2, 0.25) is 5.02 Å². The molecule has 0 unspecified atom stereocenters. The van der Waals surface area contributed by atoms with E-state index in [0.717, 1.165) is 25.2 Å². The Kier molecular flexibility index (Phi) is 4.32. The summed E-state index contributed by atoms with van der Waals surface area (Å²) in [6, 6.07) is 4.06. The minimum absolute atomic E-state index is 0.0833. The van der Waals surface area contributed by atoms with Crippen LogP contribution in [0.3, 0.4) is 0 Å². The minimum atomic E-state index is 0.0833. The fraction of sp³-hybridized carbons (Fsp3) is 0.538. The first-order chi connectivity index (χ1) is 8.69. The molecule has 1 aromatic rings. The molecule has 5 heteroatoms. The minimum Gasteiger partial charge on any atom is -0.493 e. The third kappa shape index (κ3) is 2.55. The monoisotopic (exact) mass is 270 g/mol. The van der Waals surface area contributed by atoms with Gasteiger partial charge < -0.3 is 14.7 Å². The van der Waals surface area contributed by atoms with Crippen LogP contribution in [0.1, 0.15) is 12.5 Å². The molecule has 0 saturated carbocycles. The highest BCUT2D eigenvalue weighted by atomic mass is 35.5. The van der Waals surface area contributed by atoms with Gasteiger partial charge in [0.05, 0.1) is 31.2 Å². The van der Waals surface area contributed by atoms with Crippen molar-refractivity contribution in [3.63, 3.8) is 0 Å². The summed E-state index contributed by atoms with van der Waals surface area (Å²) in [4.78, 5) is 4.14. The van der Waals surface area contributed by atoms with Crippen LogP contribution in [0.5, 0.6) is 5.75 Å². The van der Waals surface area contributed by atoms with Gasteiger partial charge in [-0.1, -0.05) is 18.5 Å². The first-order valence-corrected chi connectivity index (χ1v) is 6.52. The summed E-state index contributed by atoms with van der Waals surface area (Å²) in [5.41, 5.74) is 2.20. The summed E-state index contributed by atoms with van der Waals surface area (Å²) < 4.78 is 5.40. The summed E-state index contributed by atoms with van der Waals surface area (Å²) in [6.45, 7) is 4.62. The van der Waals surface area contributed by atoms with Gasteiger partial charge in [-0.25, -0.2) is 0 Å². The number of aryl methyl sites for hydroxylation is 1. The van der Waals surface area contributed by atoms with E-state index < -0.39 is 0 Å². The van der Waals surface area contributed by atoms with E-state index in [-0.39, 0.29) is 6.73 Å². The maximum absolute atomic E-state index is 9.15. The smallest absolute Gasteiger partial charge is 0.160 e. The van der Waals surface area contributed by atoms with E-state index in [1.165, 1.54) is 5.56 Å². The highest BCUT2D eigenvalue weighted by Crippen LogP contribution is 2.37. The normalized spacial score (nSPS) is 16.3. The molecule has 0 radical (unpaired) electrons. The molecule has 1 aromatic carbocycles. The Morgan fingerprint density at radius 3 is 2.72 bits per heavy atom. The number of ether oxygens (including phenoxy) is 1. The van der Waals surface area contributed by atoms with Gasteiger partial charge in [0.15, 0.2) is 5.75 Å². The molecule has 1 N–H and O–H groups in total. The summed E-state index contributed by atoms with van der Waals surface area (Å²) in [5.74, 6) is 0.716. The van der Waals surface area contributed by atoms with Crippen LogP contribution in [0.25, 0.3) is 0 Å². The predicted molar refractivity (Wildman–Crippen MR) is 73.4 cm³/mol. The van der Waals surface area contributed by atoms with Gasteiger partial charge in [0.1, 0.15) is 0 Å². The quantitative estimate of drug-likeness (QED) is 0.907. The van der Waals surface area contributed by atoms with E-state index in [4.69, 9.17) is 21.4 Å². The van der Waals surface area contributed by atoms with Gasteiger partial charge in [0.2, 0.25) is 0 Å². The lowest BCUT2D eigenvalue weighted by Gasteiger charge is -2.22. The zero-order chi connectivity index (χ0) is 13.1. The van der Waals surface area contributed by atoms with Crippen molar-refractivity contribution in [1.29, 1.82) is 0 Å². The van der Waals surface area contributed by atoms with Gasteiger partial charge in [-0.05, 0) is 24.1 Å². The predicted octanol–water partition coefficient (Wildman–Crippen LogP) is 1.94. The number of halogens is 1.